The number of nitrogens with one attached hydrogen (secondary N) is 1. The van der Waals surface area contributed by atoms with E-state index in [1.165, 1.54) is 5.56 Å². The Hall–Kier alpha value is -0.670. The second kappa shape index (κ2) is 7.70. The second-order valence-electron chi connectivity index (χ2n) is 5.15. The molecule has 0 radical (unpaired) electrons. The Morgan fingerprint density at radius 2 is 1.78 bits per heavy atom. The van der Waals surface area contributed by atoms with Crippen LogP contribution in [0.2, 0.25) is 0 Å². The Balaban J connectivity index is 2.68. The molecule has 1 N–H and O–H groups in total. The fraction of sp³-hybridized carbons (Fsp3) is 0.600. The highest BCUT2D eigenvalue weighted by atomic mass is 32.2. The molecule has 0 aliphatic carbocycles. The highest BCUT2D eigenvalue weighted by molar-refractivity contribution is 7.85. The van der Waals surface area contributed by atoms with Crippen LogP contribution in [0.1, 0.15) is 38.8 Å². The Bertz CT molecular complexity index is 364. The molecule has 3 atom stereocenters. The van der Waals surface area contributed by atoms with Crippen LogP contribution in [0.25, 0.3) is 0 Å². The van der Waals surface area contributed by atoms with Crippen LogP contribution in [-0.4, -0.2) is 22.3 Å². The molecule has 0 amide bonds. The molecule has 2 nitrogen and oxygen atoms in total. The molecule has 0 bridgehead atoms. The van der Waals surface area contributed by atoms with Gasteiger partial charge in [-0.2, -0.15) is 0 Å². The van der Waals surface area contributed by atoms with E-state index in [-0.39, 0.29) is 11.3 Å². The third kappa shape index (κ3) is 4.54. The summed E-state index contributed by atoms with van der Waals surface area (Å²) < 4.78 is 12.3. The van der Waals surface area contributed by atoms with Crippen molar-refractivity contribution in [2.24, 2.45) is 5.92 Å². The highest BCUT2D eigenvalue weighted by Crippen LogP contribution is 2.21. The van der Waals surface area contributed by atoms with Crippen LogP contribution in [0.15, 0.2) is 30.3 Å². The molecular weight excluding hydrogens is 242 g/mol. The van der Waals surface area contributed by atoms with Crippen molar-refractivity contribution in [2.45, 2.75) is 38.5 Å². The van der Waals surface area contributed by atoms with Crippen LogP contribution < -0.4 is 5.32 Å². The van der Waals surface area contributed by atoms with Crippen molar-refractivity contribution >= 4 is 10.8 Å². The molecule has 1 rings (SSSR count). The van der Waals surface area contributed by atoms with Gasteiger partial charge in [0.05, 0.1) is 5.25 Å². The van der Waals surface area contributed by atoms with Crippen molar-refractivity contribution in [2.75, 3.05) is 12.8 Å². The van der Waals surface area contributed by atoms with Gasteiger partial charge in [0.15, 0.2) is 0 Å². The Morgan fingerprint density at radius 1 is 1.17 bits per heavy atom. The van der Waals surface area contributed by atoms with Gasteiger partial charge in [0, 0.05) is 22.6 Å². The first-order valence-corrected chi connectivity index (χ1v) is 8.03. The summed E-state index contributed by atoms with van der Waals surface area (Å²) >= 11 is 0. The molecule has 0 aliphatic heterocycles. The van der Waals surface area contributed by atoms with Gasteiger partial charge in [-0.1, -0.05) is 44.2 Å². The summed E-state index contributed by atoms with van der Waals surface area (Å²) in [6, 6.07) is 10.4. The van der Waals surface area contributed by atoms with Gasteiger partial charge < -0.3 is 5.32 Å². The minimum Gasteiger partial charge on any atom is -0.312 e. The van der Waals surface area contributed by atoms with Crippen LogP contribution in [0.4, 0.5) is 0 Å². The molecule has 0 aliphatic rings. The summed E-state index contributed by atoms with van der Waals surface area (Å²) in [7, 11) is 1.16. The highest BCUT2D eigenvalue weighted by Gasteiger charge is 2.22. The van der Waals surface area contributed by atoms with Gasteiger partial charge in [0.25, 0.3) is 0 Å². The summed E-state index contributed by atoms with van der Waals surface area (Å²) in [5, 5.41) is 3.43. The van der Waals surface area contributed by atoms with Gasteiger partial charge in [0.1, 0.15) is 0 Å². The normalized spacial score (nSPS) is 16.5. The lowest BCUT2D eigenvalue weighted by Crippen LogP contribution is -2.31. The van der Waals surface area contributed by atoms with E-state index in [1.54, 1.807) is 0 Å². The lowest BCUT2D eigenvalue weighted by Gasteiger charge is -2.23. The maximum absolute atomic E-state index is 12.3. The Morgan fingerprint density at radius 3 is 2.28 bits per heavy atom. The topological polar surface area (TPSA) is 29.1 Å². The van der Waals surface area contributed by atoms with Gasteiger partial charge in [-0.25, -0.2) is 0 Å². The Labute approximate surface area is 114 Å². The number of benzene rings is 1. The van der Waals surface area contributed by atoms with E-state index in [0.717, 1.165) is 12.2 Å². The summed E-state index contributed by atoms with van der Waals surface area (Å²) in [6.07, 6.45) is 1.03. The minimum absolute atomic E-state index is 0.135. The van der Waals surface area contributed by atoms with E-state index < -0.39 is 10.8 Å². The first-order valence-electron chi connectivity index (χ1n) is 6.65. The predicted molar refractivity (Wildman–Crippen MR) is 80.2 cm³/mol. The van der Waals surface area contributed by atoms with Crippen LogP contribution in [-0.2, 0) is 10.8 Å². The predicted octanol–water partition coefficient (Wildman–Crippen LogP) is 3.13. The average molecular weight is 267 g/mol. The molecule has 3 heteroatoms. The van der Waals surface area contributed by atoms with Crippen molar-refractivity contribution in [1.29, 1.82) is 0 Å². The summed E-state index contributed by atoms with van der Waals surface area (Å²) in [4.78, 5) is 0. The first-order chi connectivity index (χ1) is 8.56. The molecular formula is C15H25NOS. The monoisotopic (exact) mass is 267 g/mol. The second-order valence-corrected chi connectivity index (χ2v) is 7.06. The average Bonchev–Trinajstić information content (AvgIpc) is 2.38. The lowest BCUT2D eigenvalue weighted by atomic mass is 10.0. The smallest absolute Gasteiger partial charge is 0.0514 e. The number of hydrogen-bond acceptors (Lipinski definition) is 2. The third-order valence-electron chi connectivity index (χ3n) is 3.25. The lowest BCUT2D eigenvalue weighted by molar-refractivity contribution is 0.563. The zero-order valence-corrected chi connectivity index (χ0v) is 12.7. The summed E-state index contributed by atoms with van der Waals surface area (Å²) in [6.45, 7) is 6.42. The SMILES string of the molecule is CNC(c1ccccc1)C(C)S(=O)CCC(C)C. The number of hydrogen-bond donors (Lipinski definition) is 1. The maximum Gasteiger partial charge on any atom is 0.0514 e. The van der Waals surface area contributed by atoms with Crippen LogP contribution >= 0.6 is 0 Å². The first kappa shape index (κ1) is 15.4. The van der Waals surface area contributed by atoms with E-state index in [1.807, 2.05) is 25.2 Å². The largest absolute Gasteiger partial charge is 0.312 e. The van der Waals surface area contributed by atoms with Crippen molar-refractivity contribution in [3.8, 4) is 0 Å². The third-order valence-corrected chi connectivity index (χ3v) is 4.99. The molecule has 1 aromatic rings. The molecule has 0 aromatic heterocycles. The van der Waals surface area contributed by atoms with E-state index in [9.17, 15) is 4.21 Å². The van der Waals surface area contributed by atoms with E-state index in [0.29, 0.717) is 5.92 Å². The van der Waals surface area contributed by atoms with E-state index in [4.69, 9.17) is 0 Å². The van der Waals surface area contributed by atoms with Crippen LogP contribution in [0.3, 0.4) is 0 Å². The molecule has 3 unspecified atom stereocenters. The van der Waals surface area contributed by atoms with Crippen LogP contribution in [0.5, 0.6) is 0 Å². The van der Waals surface area contributed by atoms with Gasteiger partial charge in [-0.05, 0) is 31.9 Å². The Kier molecular flexibility index (Phi) is 6.58. The molecule has 0 saturated carbocycles. The fourth-order valence-corrected chi connectivity index (χ4v) is 3.69. The zero-order chi connectivity index (χ0) is 13.5. The van der Waals surface area contributed by atoms with Crippen molar-refractivity contribution in [3.05, 3.63) is 35.9 Å². The fourth-order valence-electron chi connectivity index (χ4n) is 2.02. The van der Waals surface area contributed by atoms with Gasteiger partial charge in [-0.3, -0.25) is 4.21 Å². The molecule has 0 spiro atoms. The number of rotatable bonds is 7. The molecule has 18 heavy (non-hydrogen) atoms. The van der Waals surface area contributed by atoms with Crippen molar-refractivity contribution in [1.82, 2.24) is 5.32 Å². The van der Waals surface area contributed by atoms with Gasteiger partial charge >= 0.3 is 0 Å². The van der Waals surface area contributed by atoms with Gasteiger partial charge in [0.2, 0.25) is 0 Å². The standard InChI is InChI=1S/C15H25NOS/c1-12(2)10-11-18(17)13(3)15(16-4)14-8-6-5-7-9-14/h5-9,12-13,15-16H,10-11H2,1-4H3. The summed E-state index contributed by atoms with van der Waals surface area (Å²) in [5.74, 6) is 1.41. The molecule has 0 heterocycles. The van der Waals surface area contributed by atoms with E-state index >= 15 is 0 Å². The molecule has 102 valence electrons. The van der Waals surface area contributed by atoms with Crippen LogP contribution in [0, 0.1) is 5.92 Å². The molecule has 1 aromatic carbocycles. The molecule has 0 fully saturated rings. The minimum atomic E-state index is -0.778. The zero-order valence-electron chi connectivity index (χ0n) is 11.8. The maximum atomic E-state index is 12.3. The quantitative estimate of drug-likeness (QED) is 0.822. The van der Waals surface area contributed by atoms with Crippen molar-refractivity contribution in [3.63, 3.8) is 0 Å². The van der Waals surface area contributed by atoms with E-state index in [2.05, 4.69) is 38.2 Å². The van der Waals surface area contributed by atoms with Gasteiger partial charge in [-0.15, -0.1) is 0 Å². The summed E-state index contributed by atoms with van der Waals surface area (Å²) in [5.41, 5.74) is 1.21. The molecule has 0 saturated heterocycles. The van der Waals surface area contributed by atoms with Crippen molar-refractivity contribution < 1.29 is 4.21 Å².